The molecule has 0 bridgehead atoms. The number of likely N-dealkylation sites (N-methyl/N-ethyl adjacent to an activating group) is 1. The van der Waals surface area contributed by atoms with E-state index < -0.39 is 0 Å². The fourth-order valence-corrected chi connectivity index (χ4v) is 3.84. The summed E-state index contributed by atoms with van der Waals surface area (Å²) in [5, 5.41) is 3.17. The number of piperazine rings is 1. The number of rotatable bonds is 6. The molecular formula is C24H32FN3O2. The number of carbonyl (C=O) groups excluding carboxylic acids is 1. The minimum atomic E-state index is -0.271. The van der Waals surface area contributed by atoms with Crippen molar-refractivity contribution in [2.75, 3.05) is 33.2 Å². The Morgan fingerprint density at radius 2 is 1.47 bits per heavy atom. The molecular weight excluding hydrogens is 381 g/mol. The summed E-state index contributed by atoms with van der Waals surface area (Å²) in [6, 6.07) is 14.2. The van der Waals surface area contributed by atoms with E-state index in [2.05, 4.69) is 17.3 Å². The van der Waals surface area contributed by atoms with Gasteiger partial charge in [-0.2, -0.15) is 0 Å². The molecule has 1 saturated heterocycles. The molecule has 0 spiro atoms. The van der Waals surface area contributed by atoms with Gasteiger partial charge in [-0.1, -0.05) is 24.3 Å². The summed E-state index contributed by atoms with van der Waals surface area (Å²) < 4.78 is 19.3. The van der Waals surface area contributed by atoms with E-state index >= 15 is 0 Å². The molecule has 6 heteroatoms. The highest BCUT2D eigenvalue weighted by Crippen LogP contribution is 2.30. The predicted molar refractivity (Wildman–Crippen MR) is 118 cm³/mol. The number of carbonyl (C=O) groups is 1. The number of hydrogen-bond donors (Lipinski definition) is 1. The maximum atomic E-state index is 13.5. The molecule has 3 rings (SSSR count). The lowest BCUT2D eigenvalue weighted by Crippen LogP contribution is -2.53. The monoisotopic (exact) mass is 413 g/mol. The molecule has 1 fully saturated rings. The highest BCUT2D eigenvalue weighted by Gasteiger charge is 2.26. The fourth-order valence-electron chi connectivity index (χ4n) is 3.84. The molecule has 1 heterocycles. The number of amides is 2. The molecule has 30 heavy (non-hydrogen) atoms. The molecule has 0 aromatic heterocycles. The topological polar surface area (TPSA) is 44.8 Å². The van der Waals surface area contributed by atoms with E-state index in [0.717, 1.165) is 43.1 Å². The first-order valence-corrected chi connectivity index (χ1v) is 10.6. The van der Waals surface area contributed by atoms with Crippen LogP contribution in [-0.4, -0.2) is 61.2 Å². The molecule has 2 aromatic carbocycles. The van der Waals surface area contributed by atoms with Gasteiger partial charge in [0.05, 0.1) is 6.10 Å². The molecule has 1 aliphatic heterocycles. The van der Waals surface area contributed by atoms with E-state index in [1.807, 2.05) is 49.9 Å². The fraction of sp³-hybridized carbons (Fsp3) is 0.458. The third-order valence-electron chi connectivity index (χ3n) is 5.48. The molecule has 1 unspecified atom stereocenters. The van der Waals surface area contributed by atoms with Crippen molar-refractivity contribution in [3.8, 4) is 5.75 Å². The molecule has 162 valence electrons. The summed E-state index contributed by atoms with van der Waals surface area (Å²) in [6.45, 7) is 9.17. The number of hydrogen-bond acceptors (Lipinski definition) is 3. The average Bonchev–Trinajstić information content (AvgIpc) is 2.71. The summed E-state index contributed by atoms with van der Waals surface area (Å²) in [5.41, 5.74) is 2.00. The van der Waals surface area contributed by atoms with E-state index in [1.165, 1.54) is 12.1 Å². The van der Waals surface area contributed by atoms with E-state index in [-0.39, 0.29) is 29.9 Å². The zero-order chi connectivity index (χ0) is 21.7. The average molecular weight is 414 g/mol. The van der Waals surface area contributed by atoms with Crippen LogP contribution in [0.15, 0.2) is 48.5 Å². The lowest BCUT2D eigenvalue weighted by Gasteiger charge is -2.34. The first-order chi connectivity index (χ1) is 14.3. The van der Waals surface area contributed by atoms with Crippen molar-refractivity contribution in [1.29, 1.82) is 0 Å². The largest absolute Gasteiger partial charge is 0.491 e. The van der Waals surface area contributed by atoms with Gasteiger partial charge in [-0.15, -0.1) is 0 Å². The molecule has 0 saturated carbocycles. The Morgan fingerprint density at radius 1 is 0.933 bits per heavy atom. The van der Waals surface area contributed by atoms with E-state index in [9.17, 15) is 9.18 Å². The molecule has 1 aliphatic rings. The van der Waals surface area contributed by atoms with Gasteiger partial charge >= 0.3 is 6.03 Å². The van der Waals surface area contributed by atoms with Gasteiger partial charge in [0.1, 0.15) is 11.6 Å². The molecule has 0 radical (unpaired) electrons. The zero-order valence-corrected chi connectivity index (χ0v) is 18.3. The molecule has 2 aromatic rings. The van der Waals surface area contributed by atoms with Gasteiger partial charge in [-0.05, 0) is 63.2 Å². The maximum absolute atomic E-state index is 13.5. The Kier molecular flexibility index (Phi) is 7.32. The molecule has 2 atom stereocenters. The Bertz CT molecular complexity index is 815. The van der Waals surface area contributed by atoms with Gasteiger partial charge in [0.2, 0.25) is 0 Å². The third-order valence-corrected chi connectivity index (χ3v) is 5.48. The number of nitrogens with zero attached hydrogens (tertiary/aromatic N) is 2. The second-order valence-electron chi connectivity index (χ2n) is 8.29. The van der Waals surface area contributed by atoms with Crippen LogP contribution in [-0.2, 0) is 0 Å². The van der Waals surface area contributed by atoms with Gasteiger partial charge in [-0.25, -0.2) is 9.18 Å². The molecule has 2 amide bonds. The first-order valence-electron chi connectivity index (χ1n) is 10.6. The van der Waals surface area contributed by atoms with Crippen LogP contribution in [0.25, 0.3) is 0 Å². The van der Waals surface area contributed by atoms with E-state index in [4.69, 9.17) is 4.74 Å². The first kappa shape index (κ1) is 22.1. The van der Waals surface area contributed by atoms with Crippen molar-refractivity contribution in [2.45, 2.75) is 38.8 Å². The number of urea groups is 1. The second kappa shape index (κ2) is 9.94. The minimum Gasteiger partial charge on any atom is -0.491 e. The number of halogens is 1. The van der Waals surface area contributed by atoms with Crippen LogP contribution >= 0.6 is 0 Å². The van der Waals surface area contributed by atoms with Crippen LogP contribution in [0.1, 0.15) is 37.8 Å². The zero-order valence-electron chi connectivity index (χ0n) is 18.3. The lowest BCUT2D eigenvalue weighted by atomic mass is 9.85. The Hall–Kier alpha value is -2.60. The van der Waals surface area contributed by atoms with Gasteiger partial charge in [0.15, 0.2) is 0 Å². The SMILES string of the molecule is CC(C)Oc1ccc([C@H](c2ccc(F)cc2)C(C)NC(=O)N2CCN(C)CC2)cc1. The van der Waals surface area contributed by atoms with E-state index in [0.29, 0.717) is 0 Å². The lowest BCUT2D eigenvalue weighted by molar-refractivity contribution is 0.151. The summed E-state index contributed by atoms with van der Waals surface area (Å²) in [7, 11) is 2.06. The minimum absolute atomic E-state index is 0.0533. The van der Waals surface area contributed by atoms with Gasteiger partial charge in [0, 0.05) is 38.1 Å². The van der Waals surface area contributed by atoms with Crippen molar-refractivity contribution < 1.29 is 13.9 Å². The van der Waals surface area contributed by atoms with Crippen LogP contribution in [0.2, 0.25) is 0 Å². The summed E-state index contributed by atoms with van der Waals surface area (Å²) in [4.78, 5) is 16.9. The molecule has 5 nitrogen and oxygen atoms in total. The van der Waals surface area contributed by atoms with Crippen LogP contribution in [0.3, 0.4) is 0 Å². The smallest absolute Gasteiger partial charge is 0.317 e. The standard InChI is InChI=1S/C24H32FN3O2/c1-17(2)30-22-11-7-20(8-12-22)23(19-5-9-21(25)10-6-19)18(3)26-24(29)28-15-13-27(4)14-16-28/h5-12,17-18,23H,13-16H2,1-4H3,(H,26,29)/t18?,23-/m0/s1. The quantitative estimate of drug-likeness (QED) is 0.776. The highest BCUT2D eigenvalue weighted by molar-refractivity contribution is 5.75. The molecule has 1 N–H and O–H groups in total. The van der Waals surface area contributed by atoms with Crippen LogP contribution in [0, 0.1) is 5.82 Å². The maximum Gasteiger partial charge on any atom is 0.317 e. The third kappa shape index (κ3) is 5.72. The van der Waals surface area contributed by atoms with Crippen LogP contribution < -0.4 is 10.1 Å². The predicted octanol–water partition coefficient (Wildman–Crippen LogP) is 4.09. The van der Waals surface area contributed by atoms with Crippen LogP contribution in [0.4, 0.5) is 9.18 Å². The number of benzene rings is 2. The summed E-state index contributed by atoms with van der Waals surface area (Å²) >= 11 is 0. The van der Waals surface area contributed by atoms with Crippen molar-refractivity contribution >= 4 is 6.03 Å². The van der Waals surface area contributed by atoms with Crippen LogP contribution in [0.5, 0.6) is 5.75 Å². The Labute approximate surface area is 178 Å². The number of nitrogens with one attached hydrogen (secondary N) is 1. The molecule has 0 aliphatic carbocycles. The number of ether oxygens (including phenoxy) is 1. The Balaban J connectivity index is 1.80. The van der Waals surface area contributed by atoms with Gasteiger partial charge in [0.25, 0.3) is 0 Å². The van der Waals surface area contributed by atoms with Crippen molar-refractivity contribution in [3.05, 3.63) is 65.5 Å². The van der Waals surface area contributed by atoms with Crippen molar-refractivity contribution in [2.24, 2.45) is 0 Å². The summed E-state index contributed by atoms with van der Waals surface area (Å²) in [5.74, 6) is 0.433. The van der Waals surface area contributed by atoms with Crippen molar-refractivity contribution in [3.63, 3.8) is 0 Å². The van der Waals surface area contributed by atoms with Crippen molar-refractivity contribution in [1.82, 2.24) is 15.1 Å². The Morgan fingerprint density at radius 3 is 2.00 bits per heavy atom. The summed E-state index contributed by atoms with van der Waals surface area (Å²) in [6.07, 6.45) is 0.102. The normalized spacial score (nSPS) is 16.9. The highest BCUT2D eigenvalue weighted by atomic mass is 19.1. The van der Waals surface area contributed by atoms with Gasteiger partial charge in [-0.3, -0.25) is 0 Å². The second-order valence-corrected chi connectivity index (χ2v) is 8.29. The van der Waals surface area contributed by atoms with E-state index in [1.54, 1.807) is 12.1 Å². The van der Waals surface area contributed by atoms with Gasteiger partial charge < -0.3 is 19.9 Å².